The fourth-order valence-electron chi connectivity index (χ4n) is 4.98. The van der Waals surface area contributed by atoms with Crippen molar-refractivity contribution in [2.45, 2.75) is 97.3 Å². The van der Waals surface area contributed by atoms with Gasteiger partial charge in [0.2, 0.25) is 0 Å². The Kier molecular flexibility index (Phi) is 6.74. The van der Waals surface area contributed by atoms with E-state index < -0.39 is 0 Å². The van der Waals surface area contributed by atoms with Crippen molar-refractivity contribution in [3.63, 3.8) is 0 Å². The normalized spacial score (nSPS) is 26.2. The van der Waals surface area contributed by atoms with Crippen LogP contribution in [-0.2, 0) is 0 Å². The lowest BCUT2D eigenvalue weighted by atomic mass is 9.70. The Bertz CT molecular complexity index is 196. The van der Waals surface area contributed by atoms with Crippen molar-refractivity contribution >= 4 is 0 Å². The summed E-state index contributed by atoms with van der Waals surface area (Å²) in [5.41, 5.74) is 0. The van der Waals surface area contributed by atoms with Crippen LogP contribution in [0.3, 0.4) is 0 Å². The van der Waals surface area contributed by atoms with Gasteiger partial charge in [0.25, 0.3) is 0 Å². The Morgan fingerprint density at radius 1 is 0.632 bits per heavy atom. The van der Waals surface area contributed by atoms with Gasteiger partial charge in [0.15, 0.2) is 0 Å². The first kappa shape index (κ1) is 15.4. The first-order valence-corrected chi connectivity index (χ1v) is 9.35. The Morgan fingerprint density at radius 2 is 1.00 bits per heavy atom. The summed E-state index contributed by atoms with van der Waals surface area (Å²) in [6.45, 7) is 4.90. The Balaban J connectivity index is 1.86. The highest BCUT2D eigenvalue weighted by atomic mass is 14.3. The maximum absolute atomic E-state index is 2.45. The fraction of sp³-hybridized carbons (Fsp3) is 1.00. The molecule has 0 aromatic heterocycles. The lowest BCUT2D eigenvalue weighted by Crippen LogP contribution is -2.25. The second kappa shape index (κ2) is 8.32. The molecule has 0 N–H and O–H groups in total. The van der Waals surface area contributed by atoms with Gasteiger partial charge in [-0.1, -0.05) is 90.9 Å². The number of rotatable bonds is 6. The second-order valence-corrected chi connectivity index (χ2v) is 7.37. The highest BCUT2D eigenvalue weighted by Crippen LogP contribution is 2.40. The zero-order chi connectivity index (χ0) is 13.5. The lowest BCUT2D eigenvalue weighted by Gasteiger charge is -2.36. The van der Waals surface area contributed by atoms with Crippen molar-refractivity contribution in [2.24, 2.45) is 23.7 Å². The van der Waals surface area contributed by atoms with Crippen LogP contribution in [0.15, 0.2) is 0 Å². The van der Waals surface area contributed by atoms with Crippen LogP contribution in [0, 0.1) is 23.7 Å². The zero-order valence-electron chi connectivity index (χ0n) is 13.5. The molecule has 0 nitrogen and oxygen atoms in total. The van der Waals surface area contributed by atoms with Gasteiger partial charge in [-0.25, -0.2) is 0 Å². The topological polar surface area (TPSA) is 0 Å². The van der Waals surface area contributed by atoms with Gasteiger partial charge in [0.05, 0.1) is 0 Å². The van der Waals surface area contributed by atoms with Crippen LogP contribution < -0.4 is 0 Å². The van der Waals surface area contributed by atoms with Crippen molar-refractivity contribution in [1.82, 2.24) is 0 Å². The van der Waals surface area contributed by atoms with E-state index in [1.807, 2.05) is 0 Å². The summed E-state index contributed by atoms with van der Waals surface area (Å²) in [6, 6.07) is 0. The van der Waals surface area contributed by atoms with Crippen LogP contribution in [0.4, 0.5) is 0 Å². The van der Waals surface area contributed by atoms with Crippen LogP contribution in [0.2, 0.25) is 0 Å². The SMILES string of the molecule is CCC(CC(CC)C1CCCCC1)C1CCCCC1. The minimum absolute atomic E-state index is 1.05. The zero-order valence-corrected chi connectivity index (χ0v) is 13.5. The molecule has 2 aliphatic rings. The molecule has 0 aliphatic heterocycles. The molecule has 2 rings (SSSR count). The third-order valence-electron chi connectivity index (χ3n) is 6.29. The molecule has 0 heteroatoms. The highest BCUT2D eigenvalue weighted by molar-refractivity contribution is 4.80. The molecular formula is C19H36. The predicted octanol–water partition coefficient (Wildman–Crippen LogP) is 6.59. The summed E-state index contributed by atoms with van der Waals surface area (Å²) in [7, 11) is 0. The van der Waals surface area contributed by atoms with E-state index in [2.05, 4.69) is 13.8 Å². The molecule has 0 aromatic rings. The molecule has 2 atom stereocenters. The molecular weight excluding hydrogens is 228 g/mol. The maximum atomic E-state index is 2.45. The Hall–Kier alpha value is 0. The van der Waals surface area contributed by atoms with E-state index in [1.54, 1.807) is 32.1 Å². The Morgan fingerprint density at radius 3 is 1.32 bits per heavy atom. The lowest BCUT2D eigenvalue weighted by molar-refractivity contribution is 0.152. The molecule has 2 unspecified atom stereocenters. The molecule has 0 bridgehead atoms. The summed E-state index contributed by atoms with van der Waals surface area (Å²) < 4.78 is 0. The average molecular weight is 264 g/mol. The van der Waals surface area contributed by atoms with Crippen molar-refractivity contribution in [3.8, 4) is 0 Å². The van der Waals surface area contributed by atoms with E-state index in [9.17, 15) is 0 Å². The van der Waals surface area contributed by atoms with Gasteiger partial charge in [-0.3, -0.25) is 0 Å². The molecule has 2 aliphatic carbocycles. The van der Waals surface area contributed by atoms with Crippen molar-refractivity contribution < 1.29 is 0 Å². The predicted molar refractivity (Wildman–Crippen MR) is 85.3 cm³/mol. The van der Waals surface area contributed by atoms with Gasteiger partial charge in [-0.05, 0) is 30.1 Å². The molecule has 0 amide bonds. The summed E-state index contributed by atoms with van der Waals surface area (Å²) in [6.07, 6.45) is 19.7. The molecule has 19 heavy (non-hydrogen) atoms. The molecule has 0 aromatic carbocycles. The Labute approximate surface area is 121 Å². The second-order valence-electron chi connectivity index (χ2n) is 7.37. The molecule has 0 radical (unpaired) electrons. The molecule has 0 spiro atoms. The van der Waals surface area contributed by atoms with Crippen molar-refractivity contribution in [2.75, 3.05) is 0 Å². The average Bonchev–Trinajstić information content (AvgIpc) is 2.50. The van der Waals surface area contributed by atoms with Crippen LogP contribution in [0.5, 0.6) is 0 Å². The first-order valence-electron chi connectivity index (χ1n) is 9.35. The molecule has 2 saturated carbocycles. The van der Waals surface area contributed by atoms with E-state index >= 15 is 0 Å². The maximum Gasteiger partial charge on any atom is -0.0386 e. The van der Waals surface area contributed by atoms with Gasteiger partial charge in [-0.2, -0.15) is 0 Å². The third-order valence-corrected chi connectivity index (χ3v) is 6.29. The molecule has 0 saturated heterocycles. The number of hydrogen-bond donors (Lipinski definition) is 0. The summed E-state index contributed by atoms with van der Waals surface area (Å²) in [5, 5.41) is 0. The summed E-state index contributed by atoms with van der Waals surface area (Å²) >= 11 is 0. The van der Waals surface area contributed by atoms with E-state index in [0.717, 1.165) is 23.7 Å². The summed E-state index contributed by atoms with van der Waals surface area (Å²) in [5.74, 6) is 4.26. The third kappa shape index (κ3) is 4.50. The van der Waals surface area contributed by atoms with Crippen LogP contribution >= 0.6 is 0 Å². The van der Waals surface area contributed by atoms with Gasteiger partial charge < -0.3 is 0 Å². The van der Waals surface area contributed by atoms with Crippen molar-refractivity contribution in [1.29, 1.82) is 0 Å². The standard InChI is InChI=1S/C19H36/c1-3-16(18-11-7-5-8-12-18)15-17(4-2)19-13-9-6-10-14-19/h16-19H,3-15H2,1-2H3. The quantitative estimate of drug-likeness (QED) is 0.507. The van der Waals surface area contributed by atoms with Crippen LogP contribution in [0.1, 0.15) is 97.3 Å². The smallest absolute Gasteiger partial charge is 0.0386 e. The van der Waals surface area contributed by atoms with Crippen LogP contribution in [0.25, 0.3) is 0 Å². The van der Waals surface area contributed by atoms with Crippen molar-refractivity contribution in [3.05, 3.63) is 0 Å². The van der Waals surface area contributed by atoms with Gasteiger partial charge in [0.1, 0.15) is 0 Å². The summed E-state index contributed by atoms with van der Waals surface area (Å²) in [4.78, 5) is 0. The van der Waals surface area contributed by atoms with Gasteiger partial charge in [-0.15, -0.1) is 0 Å². The molecule has 112 valence electrons. The van der Waals surface area contributed by atoms with E-state index in [0.29, 0.717) is 0 Å². The van der Waals surface area contributed by atoms with Crippen LogP contribution in [-0.4, -0.2) is 0 Å². The molecule has 0 heterocycles. The van der Waals surface area contributed by atoms with Gasteiger partial charge in [0, 0.05) is 0 Å². The minimum Gasteiger partial charge on any atom is -0.0651 e. The number of hydrogen-bond acceptors (Lipinski definition) is 0. The van der Waals surface area contributed by atoms with E-state index in [1.165, 1.54) is 51.4 Å². The minimum atomic E-state index is 1.05. The molecule has 2 fully saturated rings. The first-order chi connectivity index (χ1) is 9.35. The fourth-order valence-corrected chi connectivity index (χ4v) is 4.98. The monoisotopic (exact) mass is 264 g/mol. The van der Waals surface area contributed by atoms with E-state index in [-0.39, 0.29) is 0 Å². The van der Waals surface area contributed by atoms with Gasteiger partial charge >= 0.3 is 0 Å². The highest BCUT2D eigenvalue weighted by Gasteiger charge is 2.28. The van der Waals surface area contributed by atoms with E-state index in [4.69, 9.17) is 0 Å². The largest absolute Gasteiger partial charge is 0.0651 e.